The minimum Gasteiger partial charge on any atom is -0.372 e. The van der Waals surface area contributed by atoms with E-state index in [9.17, 15) is 0 Å². The Morgan fingerprint density at radius 1 is 1.18 bits per heavy atom. The minimum absolute atomic E-state index is 0.0373. The highest BCUT2D eigenvalue weighted by atomic mass is 19.1. The lowest BCUT2D eigenvalue weighted by Gasteiger charge is -2.54. The van der Waals surface area contributed by atoms with Gasteiger partial charge in [0.15, 0.2) is 11.6 Å². The molecule has 1 N–H and O–H groups in total. The zero-order valence-corrected chi connectivity index (χ0v) is 18.7. The van der Waals surface area contributed by atoms with Gasteiger partial charge in [-0.05, 0) is 38.8 Å². The molecule has 3 aromatic rings. The molecule has 0 aliphatic carbocycles. The first-order chi connectivity index (χ1) is 15.9. The topological polar surface area (TPSA) is 101 Å². The number of hydrogen-bond donors (Lipinski definition) is 1. The van der Waals surface area contributed by atoms with Crippen LogP contribution >= 0.6 is 0 Å². The highest BCUT2D eigenvalue weighted by molar-refractivity contribution is 5.97. The monoisotopic (exact) mass is 452 g/mol. The van der Waals surface area contributed by atoms with Crippen molar-refractivity contribution < 1.29 is 18.2 Å². The van der Waals surface area contributed by atoms with Gasteiger partial charge in [0.25, 0.3) is 0 Å². The van der Waals surface area contributed by atoms with Crippen LogP contribution in [0.25, 0.3) is 11.0 Å². The van der Waals surface area contributed by atoms with Crippen LogP contribution in [0.2, 0.25) is 0 Å². The van der Waals surface area contributed by atoms with E-state index in [4.69, 9.17) is 13.8 Å². The fourth-order valence-electron chi connectivity index (χ4n) is 5.59. The van der Waals surface area contributed by atoms with Gasteiger partial charge in [-0.25, -0.2) is 4.39 Å². The van der Waals surface area contributed by atoms with Gasteiger partial charge in [-0.2, -0.15) is 0 Å². The Morgan fingerprint density at radius 2 is 2.00 bits per heavy atom. The number of rotatable bonds is 3. The van der Waals surface area contributed by atoms with Crippen molar-refractivity contribution in [3.63, 3.8) is 0 Å². The Balaban J connectivity index is 1.45. The van der Waals surface area contributed by atoms with Gasteiger partial charge in [-0.15, -0.1) is 0 Å². The molecule has 5 heterocycles. The molecule has 0 bridgehead atoms. The van der Waals surface area contributed by atoms with Crippen molar-refractivity contribution in [1.82, 2.24) is 10.3 Å². The highest BCUT2D eigenvalue weighted by Gasteiger charge is 2.52. The maximum atomic E-state index is 16.0. The number of aromatic nitrogens is 2. The summed E-state index contributed by atoms with van der Waals surface area (Å²) in [6.45, 7) is 7.25. The molecule has 0 saturated carbocycles. The maximum Gasteiger partial charge on any atom is 0.206 e. The number of nitrogens with zero attached hydrogens (tertiary/aromatic N) is 5. The van der Waals surface area contributed by atoms with Gasteiger partial charge in [0, 0.05) is 25.0 Å². The normalized spacial score (nSPS) is 25.5. The predicted octanol–water partition coefficient (Wildman–Crippen LogP) is 3.51. The van der Waals surface area contributed by atoms with Crippen LogP contribution in [-0.2, 0) is 17.7 Å². The van der Waals surface area contributed by atoms with E-state index in [1.165, 1.54) is 0 Å². The average molecular weight is 452 g/mol. The number of aliphatic imine (C=N–C) groups is 2. The molecule has 1 fully saturated rings. The third-order valence-electron chi connectivity index (χ3n) is 6.71. The van der Waals surface area contributed by atoms with E-state index in [2.05, 4.69) is 30.5 Å². The van der Waals surface area contributed by atoms with Crippen molar-refractivity contribution in [2.45, 2.75) is 52.0 Å². The summed E-state index contributed by atoms with van der Waals surface area (Å²) in [6, 6.07) is 3.70. The van der Waals surface area contributed by atoms with Crippen molar-refractivity contribution in [2.24, 2.45) is 15.4 Å². The van der Waals surface area contributed by atoms with Gasteiger partial charge in [0.1, 0.15) is 18.1 Å². The van der Waals surface area contributed by atoms with E-state index < -0.39 is 11.2 Å². The molecule has 2 aromatic heterocycles. The summed E-state index contributed by atoms with van der Waals surface area (Å²) in [5, 5.41) is 11.9. The van der Waals surface area contributed by atoms with Crippen molar-refractivity contribution in [1.29, 1.82) is 0 Å². The van der Waals surface area contributed by atoms with Gasteiger partial charge in [-0.3, -0.25) is 9.98 Å². The Morgan fingerprint density at radius 3 is 2.76 bits per heavy atom. The predicted molar refractivity (Wildman–Crippen MR) is 122 cm³/mol. The molecule has 10 heteroatoms. The molecule has 1 spiro atoms. The smallest absolute Gasteiger partial charge is 0.206 e. The summed E-state index contributed by atoms with van der Waals surface area (Å²) in [4.78, 5) is 11.1. The number of halogens is 1. The molecule has 1 aromatic carbocycles. The SMILES string of the molecule is Cc1cc(CNc2noc3c(F)c4c(cc23)CC2(C=NCN=C2)[C@H]2[C@H](C)O[C@H](C)CN42)no1. The lowest BCUT2D eigenvalue weighted by molar-refractivity contribution is -0.0432. The van der Waals surface area contributed by atoms with Gasteiger partial charge in [0.2, 0.25) is 5.58 Å². The minimum atomic E-state index is -0.464. The van der Waals surface area contributed by atoms with Crippen LogP contribution in [0.5, 0.6) is 0 Å². The maximum absolute atomic E-state index is 16.0. The molecule has 0 radical (unpaired) electrons. The van der Waals surface area contributed by atoms with E-state index >= 15 is 4.39 Å². The lowest BCUT2D eigenvalue weighted by Crippen LogP contribution is -2.65. The largest absolute Gasteiger partial charge is 0.372 e. The van der Waals surface area contributed by atoms with Crippen molar-refractivity contribution in [2.75, 3.05) is 23.4 Å². The first-order valence-electron chi connectivity index (χ1n) is 11.2. The second-order valence-corrected chi connectivity index (χ2v) is 9.19. The summed E-state index contributed by atoms with van der Waals surface area (Å²) < 4.78 is 32.7. The molecule has 0 amide bonds. The number of aryl methyl sites for hydroxylation is 1. The van der Waals surface area contributed by atoms with Crippen molar-refractivity contribution in [3.8, 4) is 0 Å². The summed E-state index contributed by atoms with van der Waals surface area (Å²) in [5.74, 6) is 0.797. The molecule has 33 heavy (non-hydrogen) atoms. The van der Waals surface area contributed by atoms with Crippen LogP contribution in [-0.4, -0.2) is 54.2 Å². The molecular weight excluding hydrogens is 427 g/mol. The number of ether oxygens (including phenoxy) is 1. The zero-order valence-electron chi connectivity index (χ0n) is 18.7. The van der Waals surface area contributed by atoms with Gasteiger partial charge in [0.05, 0.1) is 41.3 Å². The van der Waals surface area contributed by atoms with Crippen molar-refractivity contribution >= 4 is 34.9 Å². The summed E-state index contributed by atoms with van der Waals surface area (Å²) in [7, 11) is 0. The Kier molecular flexibility index (Phi) is 4.55. The summed E-state index contributed by atoms with van der Waals surface area (Å²) in [6.07, 6.45) is 4.35. The summed E-state index contributed by atoms with van der Waals surface area (Å²) >= 11 is 0. The fraction of sp³-hybridized carbons (Fsp3) is 0.478. The molecule has 172 valence electrons. The number of nitrogens with one attached hydrogen (secondary N) is 1. The molecule has 6 rings (SSSR count). The lowest BCUT2D eigenvalue weighted by atomic mass is 9.69. The first-order valence-corrected chi connectivity index (χ1v) is 11.2. The third-order valence-corrected chi connectivity index (χ3v) is 6.71. The van der Waals surface area contributed by atoms with Crippen LogP contribution in [0, 0.1) is 18.2 Å². The standard InChI is InChI=1S/C23H25FN6O3/c1-12-4-16(28-32-12)7-27-22-17-5-15-6-23(9-25-11-26-10-23)21-14(3)31-13(2)8-30(21)19(15)18(24)20(17)33-29-22/h4-5,9-10,13-14,21H,6-8,11H2,1-3H3,(H,27,29)/t13-,14+,21-/m1/s1. The Hall–Kier alpha value is -3.27. The van der Waals surface area contributed by atoms with Crippen LogP contribution in [0.1, 0.15) is 30.9 Å². The van der Waals surface area contributed by atoms with E-state index in [-0.39, 0.29) is 23.8 Å². The average Bonchev–Trinajstić information content (AvgIpc) is 3.38. The highest BCUT2D eigenvalue weighted by Crippen LogP contribution is 2.47. The van der Waals surface area contributed by atoms with E-state index in [1.807, 2.05) is 45.3 Å². The number of hydrogen-bond acceptors (Lipinski definition) is 9. The number of anilines is 2. The first kappa shape index (κ1) is 20.3. The zero-order chi connectivity index (χ0) is 22.7. The van der Waals surface area contributed by atoms with E-state index in [0.29, 0.717) is 43.1 Å². The van der Waals surface area contributed by atoms with Gasteiger partial charge in [-0.1, -0.05) is 10.3 Å². The molecule has 1 saturated heterocycles. The molecule has 3 aliphatic rings. The Labute approximate surface area is 189 Å². The van der Waals surface area contributed by atoms with E-state index in [0.717, 1.165) is 17.0 Å². The van der Waals surface area contributed by atoms with Crippen molar-refractivity contribution in [3.05, 3.63) is 35.0 Å². The van der Waals surface area contributed by atoms with Crippen LogP contribution in [0.3, 0.4) is 0 Å². The second-order valence-electron chi connectivity index (χ2n) is 9.19. The van der Waals surface area contributed by atoms with Crippen LogP contribution in [0.15, 0.2) is 31.2 Å². The van der Waals surface area contributed by atoms with Gasteiger partial charge < -0.3 is 24.0 Å². The summed E-state index contributed by atoms with van der Waals surface area (Å²) in [5.41, 5.74) is 1.84. The molecule has 3 atom stereocenters. The number of fused-ring (bicyclic) bond motifs is 5. The quantitative estimate of drug-likeness (QED) is 0.649. The molecule has 9 nitrogen and oxygen atoms in total. The second kappa shape index (κ2) is 7.38. The van der Waals surface area contributed by atoms with Gasteiger partial charge >= 0.3 is 0 Å². The molecule has 3 aliphatic heterocycles. The van der Waals surface area contributed by atoms with Crippen LogP contribution in [0.4, 0.5) is 15.9 Å². The number of benzene rings is 1. The molecule has 0 unspecified atom stereocenters. The third kappa shape index (κ3) is 3.15. The Bertz CT molecular complexity index is 1270. The van der Waals surface area contributed by atoms with Crippen LogP contribution < -0.4 is 10.2 Å². The molecular formula is C23H25FN6O3. The fourth-order valence-corrected chi connectivity index (χ4v) is 5.59. The number of morpholine rings is 1. The van der Waals surface area contributed by atoms with E-state index in [1.54, 1.807) is 0 Å².